The quantitative estimate of drug-likeness (QED) is 0.498. The van der Waals surface area contributed by atoms with Gasteiger partial charge < -0.3 is 21.5 Å². The molecular formula is C24H26ClN7OS. The highest BCUT2D eigenvalue weighted by atomic mass is 35.5. The van der Waals surface area contributed by atoms with E-state index in [-0.39, 0.29) is 29.3 Å². The van der Waals surface area contributed by atoms with Crippen LogP contribution >= 0.6 is 23.4 Å². The zero-order valence-corrected chi connectivity index (χ0v) is 20.2. The van der Waals surface area contributed by atoms with Gasteiger partial charge >= 0.3 is 0 Å². The van der Waals surface area contributed by atoms with Crippen molar-refractivity contribution in [3.8, 4) is 0 Å². The van der Waals surface area contributed by atoms with E-state index in [2.05, 4.69) is 20.9 Å². The van der Waals surface area contributed by atoms with Gasteiger partial charge in [-0.1, -0.05) is 29.4 Å². The molecule has 0 aromatic carbocycles. The Morgan fingerprint density at radius 2 is 1.91 bits per heavy atom. The molecule has 1 saturated heterocycles. The monoisotopic (exact) mass is 495 g/mol. The van der Waals surface area contributed by atoms with Gasteiger partial charge in [0.1, 0.15) is 16.5 Å². The number of pyridine rings is 2. The predicted molar refractivity (Wildman–Crippen MR) is 132 cm³/mol. The Balaban J connectivity index is 1.23. The van der Waals surface area contributed by atoms with Gasteiger partial charge in [0.05, 0.1) is 23.5 Å². The average molecular weight is 496 g/mol. The fourth-order valence-electron chi connectivity index (χ4n) is 6.12. The zero-order valence-electron chi connectivity index (χ0n) is 18.6. The number of anilines is 2. The summed E-state index contributed by atoms with van der Waals surface area (Å²) in [5, 5.41) is 11.1. The maximum Gasteiger partial charge on any atom is 0.152 e. The second kappa shape index (κ2) is 8.05. The van der Waals surface area contributed by atoms with Gasteiger partial charge in [0.2, 0.25) is 0 Å². The highest BCUT2D eigenvalue weighted by Crippen LogP contribution is 2.71. The molecule has 1 aliphatic heterocycles. The molecule has 2 fully saturated rings. The maximum atomic E-state index is 10.1. The zero-order chi connectivity index (χ0) is 23.5. The van der Waals surface area contributed by atoms with Crippen LogP contribution in [0.25, 0.3) is 0 Å². The smallest absolute Gasteiger partial charge is 0.152 e. The Morgan fingerprint density at radius 3 is 2.65 bits per heavy atom. The largest absolute Gasteiger partial charge is 0.390 e. The van der Waals surface area contributed by atoms with Crippen molar-refractivity contribution in [1.29, 1.82) is 0 Å². The minimum absolute atomic E-state index is 0.0144. The highest BCUT2D eigenvalue weighted by molar-refractivity contribution is 7.99. The minimum Gasteiger partial charge on any atom is -0.390 e. The summed E-state index contributed by atoms with van der Waals surface area (Å²) in [5.41, 5.74) is 15.9. The second-order valence-corrected chi connectivity index (χ2v) is 10.8. The molecule has 3 aromatic heterocycles. The van der Waals surface area contributed by atoms with E-state index in [0.717, 1.165) is 36.6 Å². The van der Waals surface area contributed by atoms with Crippen LogP contribution < -0.4 is 16.4 Å². The van der Waals surface area contributed by atoms with E-state index in [0.29, 0.717) is 15.7 Å². The summed E-state index contributed by atoms with van der Waals surface area (Å²) >= 11 is 7.62. The van der Waals surface area contributed by atoms with E-state index in [1.807, 2.05) is 12.3 Å². The van der Waals surface area contributed by atoms with Gasteiger partial charge in [-0.05, 0) is 43.4 Å². The fourth-order valence-corrected chi connectivity index (χ4v) is 7.16. The molecule has 3 aromatic rings. The first-order chi connectivity index (χ1) is 16.5. The molecule has 6 rings (SSSR count). The minimum atomic E-state index is -0.191. The molecule has 34 heavy (non-hydrogen) atoms. The topological polar surface area (TPSA) is 127 Å². The highest BCUT2D eigenvalue weighted by Gasteiger charge is 2.68. The summed E-state index contributed by atoms with van der Waals surface area (Å²) in [6.45, 7) is 1.46. The number of rotatable bonds is 4. The van der Waals surface area contributed by atoms with Gasteiger partial charge in [-0.15, -0.1) is 0 Å². The number of aliphatic hydroxyl groups is 1. The van der Waals surface area contributed by atoms with Gasteiger partial charge in [0, 0.05) is 47.3 Å². The summed E-state index contributed by atoms with van der Waals surface area (Å²) in [5.74, 6) is 1.01. The standard InChI is InChI=1S/C24H26ClN7OS/c25-18-16(3-9-29-21(18)27)34-17-12-30-22(15(13-33)31-17)32-10-6-23(7-11-32)19(26)14-2-1-8-28-20(14)24(23)4-5-24/h1-3,8-9,12,19,33H,4-7,10-11,13,26H2,(H2,27,29)/t19-/m1/s1. The fraction of sp³-hybridized carbons (Fsp3) is 0.417. The molecule has 3 aliphatic rings. The summed E-state index contributed by atoms with van der Waals surface area (Å²) in [6, 6.07) is 5.95. The van der Waals surface area contributed by atoms with Crippen LogP contribution in [0.1, 0.15) is 48.7 Å². The normalized spacial score (nSPS) is 21.7. The molecule has 2 aliphatic carbocycles. The molecule has 176 valence electrons. The van der Waals surface area contributed by atoms with Crippen molar-refractivity contribution in [2.24, 2.45) is 11.1 Å². The maximum absolute atomic E-state index is 10.1. The number of nitrogens with zero attached hydrogens (tertiary/aromatic N) is 5. The first kappa shape index (κ1) is 22.0. The first-order valence-electron chi connectivity index (χ1n) is 11.5. The van der Waals surface area contributed by atoms with Crippen molar-refractivity contribution in [3.05, 3.63) is 58.8 Å². The molecule has 0 amide bonds. The van der Waals surface area contributed by atoms with E-state index < -0.39 is 0 Å². The van der Waals surface area contributed by atoms with Crippen LogP contribution in [0.5, 0.6) is 0 Å². The van der Waals surface area contributed by atoms with E-state index in [9.17, 15) is 5.11 Å². The Hall–Kier alpha value is -2.46. The van der Waals surface area contributed by atoms with Crippen LogP contribution in [-0.2, 0) is 12.0 Å². The van der Waals surface area contributed by atoms with E-state index in [1.54, 1.807) is 18.5 Å². The third-order valence-electron chi connectivity index (χ3n) is 7.93. The first-order valence-corrected chi connectivity index (χ1v) is 12.7. The van der Waals surface area contributed by atoms with Crippen LogP contribution in [0, 0.1) is 5.41 Å². The number of halogens is 1. The summed E-state index contributed by atoms with van der Waals surface area (Å²) in [7, 11) is 0. The van der Waals surface area contributed by atoms with Gasteiger partial charge in [0.25, 0.3) is 0 Å². The number of hydrogen-bond donors (Lipinski definition) is 3. The van der Waals surface area contributed by atoms with Crippen molar-refractivity contribution >= 4 is 35.0 Å². The molecule has 0 bridgehead atoms. The molecule has 4 heterocycles. The van der Waals surface area contributed by atoms with Crippen LogP contribution in [0.4, 0.5) is 11.6 Å². The lowest BCUT2D eigenvalue weighted by atomic mass is 9.65. The molecule has 10 heteroatoms. The van der Waals surface area contributed by atoms with Gasteiger partial charge in [-0.2, -0.15) is 0 Å². The molecule has 2 spiro atoms. The molecule has 0 unspecified atom stereocenters. The Morgan fingerprint density at radius 1 is 1.12 bits per heavy atom. The molecule has 5 N–H and O–H groups in total. The number of hydrogen-bond acceptors (Lipinski definition) is 9. The van der Waals surface area contributed by atoms with Crippen molar-refractivity contribution < 1.29 is 5.11 Å². The molecule has 0 radical (unpaired) electrons. The Kier molecular flexibility index (Phi) is 5.22. The third kappa shape index (κ3) is 3.14. The average Bonchev–Trinajstić information content (AvgIpc) is 3.66. The lowest BCUT2D eigenvalue weighted by molar-refractivity contribution is 0.129. The Bertz CT molecular complexity index is 1260. The lowest BCUT2D eigenvalue weighted by Gasteiger charge is -2.46. The van der Waals surface area contributed by atoms with E-state index >= 15 is 0 Å². The van der Waals surface area contributed by atoms with Gasteiger partial charge in [0.15, 0.2) is 5.82 Å². The van der Waals surface area contributed by atoms with Crippen molar-refractivity contribution in [2.75, 3.05) is 23.7 Å². The van der Waals surface area contributed by atoms with Crippen LogP contribution in [0.15, 0.2) is 46.7 Å². The van der Waals surface area contributed by atoms with Crippen molar-refractivity contribution in [2.45, 2.75) is 53.7 Å². The molecule has 1 atom stereocenters. The van der Waals surface area contributed by atoms with Crippen LogP contribution in [0.3, 0.4) is 0 Å². The summed E-state index contributed by atoms with van der Waals surface area (Å²) in [6.07, 6.45) is 9.51. The summed E-state index contributed by atoms with van der Waals surface area (Å²) in [4.78, 5) is 21.1. The summed E-state index contributed by atoms with van der Waals surface area (Å²) < 4.78 is 0. The second-order valence-electron chi connectivity index (χ2n) is 9.39. The number of aliphatic hydroxyl groups excluding tert-OH is 1. The van der Waals surface area contributed by atoms with Crippen molar-refractivity contribution in [3.63, 3.8) is 0 Å². The van der Waals surface area contributed by atoms with E-state index in [4.69, 9.17) is 33.0 Å². The lowest BCUT2D eigenvalue weighted by Crippen LogP contribution is -2.49. The predicted octanol–water partition coefficient (Wildman–Crippen LogP) is 3.48. The van der Waals surface area contributed by atoms with E-state index in [1.165, 1.54) is 35.9 Å². The SMILES string of the molecule is Nc1nccc(Sc2cnc(N3CCC4(CC3)[C@H](N)c3cccnc3C43CC3)c(CO)n2)c1Cl. The van der Waals surface area contributed by atoms with Gasteiger partial charge in [-0.3, -0.25) is 4.98 Å². The number of fused-ring (bicyclic) bond motifs is 3. The number of nitrogens with two attached hydrogens (primary N) is 2. The van der Waals surface area contributed by atoms with Crippen LogP contribution in [-0.4, -0.2) is 38.1 Å². The molecular weight excluding hydrogens is 470 g/mol. The van der Waals surface area contributed by atoms with Crippen LogP contribution in [0.2, 0.25) is 5.02 Å². The number of piperidine rings is 1. The van der Waals surface area contributed by atoms with Crippen molar-refractivity contribution in [1.82, 2.24) is 19.9 Å². The molecule has 8 nitrogen and oxygen atoms in total. The number of aromatic nitrogens is 4. The number of nitrogen functional groups attached to an aromatic ring is 1. The van der Waals surface area contributed by atoms with Gasteiger partial charge in [-0.25, -0.2) is 15.0 Å². The Labute approximate surface area is 207 Å². The molecule has 1 saturated carbocycles. The third-order valence-corrected chi connectivity index (χ3v) is 9.40.